The van der Waals surface area contributed by atoms with E-state index in [1.807, 2.05) is 20.8 Å². The van der Waals surface area contributed by atoms with Gasteiger partial charge in [-0.1, -0.05) is 20.8 Å². The number of aliphatic hydroxyl groups excluding tert-OH is 1. The monoisotopic (exact) mass is 295 g/mol. The molecule has 1 saturated heterocycles. The van der Waals surface area contributed by atoms with Crippen LogP contribution < -0.4 is 5.32 Å². The molecule has 2 rings (SSSR count). The van der Waals surface area contributed by atoms with E-state index in [9.17, 15) is 9.90 Å². The summed E-state index contributed by atoms with van der Waals surface area (Å²) < 4.78 is 0. The molecule has 0 spiro atoms. The third-order valence-electron chi connectivity index (χ3n) is 3.65. The predicted molar refractivity (Wildman–Crippen MR) is 79.1 cm³/mol. The molecule has 1 fully saturated rings. The van der Waals surface area contributed by atoms with Crippen LogP contribution in [0.5, 0.6) is 0 Å². The number of amides is 1. The summed E-state index contributed by atoms with van der Waals surface area (Å²) in [5.41, 5.74) is -0.180. The number of aliphatic hydroxyl groups is 1. The minimum Gasteiger partial charge on any atom is -0.395 e. The molecule has 1 aliphatic heterocycles. The van der Waals surface area contributed by atoms with Crippen molar-refractivity contribution in [2.75, 3.05) is 26.2 Å². The average Bonchev–Trinajstić information content (AvgIpc) is 3.07. The van der Waals surface area contributed by atoms with Gasteiger partial charge in [-0.25, -0.2) is 4.98 Å². The van der Waals surface area contributed by atoms with Gasteiger partial charge in [0.2, 0.25) is 5.82 Å². The molecule has 0 saturated carbocycles. The second kappa shape index (κ2) is 6.53. The van der Waals surface area contributed by atoms with E-state index >= 15 is 0 Å². The zero-order chi connectivity index (χ0) is 15.5. The fourth-order valence-corrected chi connectivity index (χ4v) is 2.41. The molecule has 3 N–H and O–H groups in total. The minimum atomic E-state index is -0.232. The van der Waals surface area contributed by atoms with E-state index in [2.05, 4.69) is 20.5 Å². The van der Waals surface area contributed by atoms with E-state index in [4.69, 9.17) is 0 Å². The number of nitrogens with zero attached hydrogens (tertiary/aromatic N) is 3. The Bertz CT molecular complexity index is 474. The minimum absolute atomic E-state index is 0.0605. The molecule has 7 nitrogen and oxygen atoms in total. The summed E-state index contributed by atoms with van der Waals surface area (Å²) in [6, 6.07) is 0.293. The summed E-state index contributed by atoms with van der Waals surface area (Å²) >= 11 is 0. The molecule has 1 amide bonds. The first kappa shape index (κ1) is 15.9. The maximum Gasteiger partial charge on any atom is 0.293 e. The van der Waals surface area contributed by atoms with Crippen LogP contribution in [0.3, 0.4) is 0 Å². The van der Waals surface area contributed by atoms with Gasteiger partial charge in [-0.15, -0.1) is 5.10 Å². The summed E-state index contributed by atoms with van der Waals surface area (Å²) in [7, 11) is 0. The van der Waals surface area contributed by atoms with Crippen molar-refractivity contribution in [2.45, 2.75) is 45.1 Å². The summed E-state index contributed by atoms with van der Waals surface area (Å²) in [5.74, 6) is 0.629. The molecular weight excluding hydrogens is 270 g/mol. The van der Waals surface area contributed by atoms with Crippen molar-refractivity contribution < 1.29 is 9.90 Å². The smallest absolute Gasteiger partial charge is 0.293 e. The van der Waals surface area contributed by atoms with Crippen LogP contribution >= 0.6 is 0 Å². The van der Waals surface area contributed by atoms with E-state index in [1.54, 1.807) is 4.90 Å². The second-order valence-electron chi connectivity index (χ2n) is 6.53. The molecule has 1 unspecified atom stereocenters. The molecule has 7 heteroatoms. The van der Waals surface area contributed by atoms with Crippen LogP contribution in [0.25, 0.3) is 0 Å². The van der Waals surface area contributed by atoms with Crippen molar-refractivity contribution in [2.24, 2.45) is 0 Å². The van der Waals surface area contributed by atoms with Crippen molar-refractivity contribution in [3.05, 3.63) is 11.6 Å². The number of carbonyl (C=O) groups is 1. The third-order valence-corrected chi connectivity index (χ3v) is 3.65. The Morgan fingerprint density at radius 2 is 2.24 bits per heavy atom. The van der Waals surface area contributed by atoms with Gasteiger partial charge in [-0.05, 0) is 19.4 Å². The van der Waals surface area contributed by atoms with E-state index in [1.165, 1.54) is 0 Å². The quantitative estimate of drug-likeness (QED) is 0.726. The number of rotatable bonds is 5. The van der Waals surface area contributed by atoms with Gasteiger partial charge < -0.3 is 15.3 Å². The molecule has 0 aromatic carbocycles. The lowest BCUT2D eigenvalue weighted by molar-refractivity contribution is 0.0694. The Labute approximate surface area is 125 Å². The average molecular weight is 295 g/mol. The molecule has 1 atom stereocenters. The number of aromatic amines is 1. The van der Waals surface area contributed by atoms with Gasteiger partial charge >= 0.3 is 0 Å². The maximum atomic E-state index is 12.5. The first-order valence-electron chi connectivity index (χ1n) is 7.48. The van der Waals surface area contributed by atoms with Crippen LogP contribution in [-0.4, -0.2) is 63.4 Å². The molecular formula is C14H25N5O2. The highest BCUT2D eigenvalue weighted by Gasteiger charge is 2.26. The zero-order valence-corrected chi connectivity index (χ0v) is 13.0. The summed E-state index contributed by atoms with van der Waals surface area (Å²) in [5, 5.41) is 19.4. The van der Waals surface area contributed by atoms with Gasteiger partial charge in [0.15, 0.2) is 0 Å². The summed E-state index contributed by atoms with van der Waals surface area (Å²) in [6.07, 6.45) is 2.18. The van der Waals surface area contributed by atoms with Crippen LogP contribution in [0.15, 0.2) is 0 Å². The zero-order valence-electron chi connectivity index (χ0n) is 13.0. The highest BCUT2D eigenvalue weighted by atomic mass is 16.3. The SMILES string of the molecule is CC(C)(C)c1nc(C(=O)N(CCO)CC2CCCN2)n[nH]1. The first-order valence-corrected chi connectivity index (χ1v) is 7.48. The van der Waals surface area contributed by atoms with E-state index < -0.39 is 0 Å². The number of nitrogens with one attached hydrogen (secondary N) is 2. The molecule has 1 aromatic heterocycles. The highest BCUT2D eigenvalue weighted by Crippen LogP contribution is 2.18. The van der Waals surface area contributed by atoms with Gasteiger partial charge in [-0.2, -0.15) is 0 Å². The molecule has 0 aliphatic carbocycles. The van der Waals surface area contributed by atoms with Gasteiger partial charge in [0.25, 0.3) is 5.91 Å². The van der Waals surface area contributed by atoms with Gasteiger partial charge in [-0.3, -0.25) is 9.89 Å². The van der Waals surface area contributed by atoms with Crippen LogP contribution in [-0.2, 0) is 5.41 Å². The lowest BCUT2D eigenvalue weighted by Gasteiger charge is -2.24. The second-order valence-corrected chi connectivity index (χ2v) is 6.53. The van der Waals surface area contributed by atoms with E-state index in [0.717, 1.165) is 19.4 Å². The number of hydrogen-bond donors (Lipinski definition) is 3. The summed E-state index contributed by atoms with van der Waals surface area (Å²) in [4.78, 5) is 18.4. The van der Waals surface area contributed by atoms with Gasteiger partial charge in [0.05, 0.1) is 6.61 Å². The number of aromatic nitrogens is 3. The Morgan fingerprint density at radius 1 is 1.48 bits per heavy atom. The number of H-pyrrole nitrogens is 1. The summed E-state index contributed by atoms with van der Waals surface area (Å²) in [6.45, 7) is 7.84. The van der Waals surface area contributed by atoms with Crippen LogP contribution in [0.4, 0.5) is 0 Å². The van der Waals surface area contributed by atoms with Crippen molar-refractivity contribution in [3.63, 3.8) is 0 Å². The van der Waals surface area contributed by atoms with Crippen LogP contribution in [0, 0.1) is 0 Å². The fraction of sp³-hybridized carbons (Fsp3) is 0.786. The van der Waals surface area contributed by atoms with Crippen molar-refractivity contribution in [3.8, 4) is 0 Å². The third kappa shape index (κ3) is 4.01. The number of hydrogen-bond acceptors (Lipinski definition) is 5. The topological polar surface area (TPSA) is 94.1 Å². The van der Waals surface area contributed by atoms with Gasteiger partial charge in [0, 0.05) is 24.5 Å². The van der Waals surface area contributed by atoms with E-state index in [0.29, 0.717) is 25.0 Å². The molecule has 2 heterocycles. The first-order chi connectivity index (χ1) is 9.91. The molecule has 1 aliphatic rings. The Kier molecular flexibility index (Phi) is 4.95. The van der Waals surface area contributed by atoms with Crippen LogP contribution in [0.1, 0.15) is 50.1 Å². The lowest BCUT2D eigenvalue weighted by Crippen LogP contribution is -2.42. The number of carbonyl (C=O) groups excluding carboxylic acids is 1. The largest absolute Gasteiger partial charge is 0.395 e. The Morgan fingerprint density at radius 3 is 2.76 bits per heavy atom. The van der Waals surface area contributed by atoms with Gasteiger partial charge in [0.1, 0.15) is 5.82 Å². The Balaban J connectivity index is 2.08. The Hall–Kier alpha value is -1.47. The predicted octanol–water partition coefficient (Wildman–Crippen LogP) is 0.289. The molecule has 0 radical (unpaired) electrons. The standard InChI is InChI=1S/C14H25N5O2/c1-14(2,3)13-16-11(17-18-13)12(21)19(7-8-20)9-10-5-4-6-15-10/h10,15,20H,4-9H2,1-3H3,(H,16,17,18). The normalized spacial score (nSPS) is 19.0. The molecule has 118 valence electrons. The maximum absolute atomic E-state index is 12.5. The molecule has 0 bridgehead atoms. The van der Waals surface area contributed by atoms with Crippen molar-refractivity contribution >= 4 is 5.91 Å². The van der Waals surface area contributed by atoms with Crippen molar-refractivity contribution in [1.82, 2.24) is 25.4 Å². The fourth-order valence-electron chi connectivity index (χ4n) is 2.41. The molecule has 1 aromatic rings. The van der Waals surface area contributed by atoms with E-state index in [-0.39, 0.29) is 23.8 Å². The van der Waals surface area contributed by atoms with Crippen molar-refractivity contribution in [1.29, 1.82) is 0 Å². The molecule has 21 heavy (non-hydrogen) atoms. The lowest BCUT2D eigenvalue weighted by atomic mass is 9.96. The van der Waals surface area contributed by atoms with Crippen LogP contribution in [0.2, 0.25) is 0 Å². The highest BCUT2D eigenvalue weighted by molar-refractivity contribution is 5.90.